The molecule has 4 heteroatoms. The highest BCUT2D eigenvalue weighted by Crippen LogP contribution is 2.19. The molecule has 128 valence electrons. The molecule has 2 aromatic carbocycles. The van der Waals surface area contributed by atoms with Crippen LogP contribution in [0.5, 0.6) is 5.75 Å². The molecule has 1 atom stereocenters. The Morgan fingerprint density at radius 1 is 1.12 bits per heavy atom. The maximum Gasteiger partial charge on any atom is 0.261 e. The van der Waals surface area contributed by atoms with Crippen molar-refractivity contribution in [3.05, 3.63) is 65.2 Å². The van der Waals surface area contributed by atoms with E-state index >= 15 is 0 Å². The van der Waals surface area contributed by atoms with Crippen molar-refractivity contribution in [3.8, 4) is 5.75 Å². The highest BCUT2D eigenvalue weighted by atomic mass is 35.5. The lowest BCUT2D eigenvalue weighted by Crippen LogP contribution is -2.50. The van der Waals surface area contributed by atoms with Gasteiger partial charge in [-0.05, 0) is 56.5 Å². The van der Waals surface area contributed by atoms with Crippen molar-refractivity contribution in [1.82, 2.24) is 5.32 Å². The van der Waals surface area contributed by atoms with Crippen molar-refractivity contribution < 1.29 is 9.53 Å². The fourth-order valence-electron chi connectivity index (χ4n) is 2.56. The van der Waals surface area contributed by atoms with E-state index in [0.717, 1.165) is 6.42 Å². The summed E-state index contributed by atoms with van der Waals surface area (Å²) in [5.74, 6) is 0.538. The fourth-order valence-corrected chi connectivity index (χ4v) is 2.69. The number of halogens is 1. The first kappa shape index (κ1) is 18.3. The lowest BCUT2D eigenvalue weighted by atomic mass is 9.94. The molecule has 0 heterocycles. The molecule has 0 spiro atoms. The molecule has 0 fully saturated rings. The second kappa shape index (κ2) is 8.20. The molecule has 0 bridgehead atoms. The van der Waals surface area contributed by atoms with Gasteiger partial charge in [-0.15, -0.1) is 0 Å². The third-order valence-corrected chi connectivity index (χ3v) is 3.96. The summed E-state index contributed by atoms with van der Waals surface area (Å²) in [6.07, 6.45) is 0.827. The monoisotopic (exact) mass is 345 g/mol. The molecule has 3 nitrogen and oxygen atoms in total. The van der Waals surface area contributed by atoms with Crippen LogP contribution >= 0.6 is 11.6 Å². The normalized spacial score (nSPS) is 12.5. The minimum Gasteiger partial charge on any atom is -0.481 e. The Morgan fingerprint density at radius 3 is 2.33 bits per heavy atom. The second-order valence-corrected chi connectivity index (χ2v) is 6.94. The molecule has 0 aliphatic carbocycles. The molecule has 0 saturated carbocycles. The van der Waals surface area contributed by atoms with Crippen LogP contribution in [0.2, 0.25) is 5.02 Å². The first-order chi connectivity index (χ1) is 11.4. The van der Waals surface area contributed by atoms with Gasteiger partial charge in [-0.2, -0.15) is 0 Å². The van der Waals surface area contributed by atoms with Crippen molar-refractivity contribution in [2.75, 3.05) is 0 Å². The predicted octanol–water partition coefficient (Wildman–Crippen LogP) is 4.63. The standard InChI is InChI=1S/C20H24ClNO2/c1-4-18(24-17-12-10-16(21)11-13-17)19(23)22-20(2,3)14-15-8-6-5-7-9-15/h5-13,18H,4,14H2,1-3H3,(H,22,23)/t18-/m0/s1. The smallest absolute Gasteiger partial charge is 0.261 e. The largest absolute Gasteiger partial charge is 0.481 e. The van der Waals surface area contributed by atoms with Gasteiger partial charge in [-0.1, -0.05) is 48.9 Å². The summed E-state index contributed by atoms with van der Waals surface area (Å²) >= 11 is 5.87. The Hall–Kier alpha value is -2.00. The first-order valence-electron chi connectivity index (χ1n) is 8.18. The molecule has 1 amide bonds. The summed E-state index contributed by atoms with van der Waals surface area (Å²) in [5, 5.41) is 3.74. The second-order valence-electron chi connectivity index (χ2n) is 6.50. The summed E-state index contributed by atoms with van der Waals surface area (Å²) in [6, 6.07) is 17.2. The van der Waals surface area contributed by atoms with Crippen LogP contribution in [0.4, 0.5) is 0 Å². The molecule has 1 N–H and O–H groups in total. The Balaban J connectivity index is 1.98. The minimum atomic E-state index is -0.527. The molecule has 0 aliphatic rings. The van der Waals surface area contributed by atoms with E-state index in [2.05, 4.69) is 17.4 Å². The van der Waals surface area contributed by atoms with E-state index in [-0.39, 0.29) is 11.4 Å². The van der Waals surface area contributed by atoms with Gasteiger partial charge in [-0.3, -0.25) is 4.79 Å². The van der Waals surface area contributed by atoms with Gasteiger partial charge in [-0.25, -0.2) is 0 Å². The lowest BCUT2D eigenvalue weighted by molar-refractivity contribution is -0.129. The summed E-state index contributed by atoms with van der Waals surface area (Å²) in [6.45, 7) is 5.98. The molecule has 2 rings (SSSR count). The van der Waals surface area contributed by atoms with Gasteiger partial charge < -0.3 is 10.1 Å². The highest BCUT2D eigenvalue weighted by Gasteiger charge is 2.26. The van der Waals surface area contributed by atoms with Gasteiger partial charge in [0.2, 0.25) is 0 Å². The molecule has 0 aliphatic heterocycles. The van der Waals surface area contributed by atoms with Crippen LogP contribution in [0.25, 0.3) is 0 Å². The number of hydrogen-bond acceptors (Lipinski definition) is 2. The molecule has 0 radical (unpaired) electrons. The summed E-state index contributed by atoms with van der Waals surface area (Å²) in [7, 11) is 0. The van der Waals surface area contributed by atoms with Crippen LogP contribution in [-0.2, 0) is 11.2 Å². The number of hydrogen-bond donors (Lipinski definition) is 1. The maximum absolute atomic E-state index is 12.6. The van der Waals surface area contributed by atoms with Gasteiger partial charge >= 0.3 is 0 Å². The summed E-state index contributed by atoms with van der Waals surface area (Å²) in [4.78, 5) is 12.6. The Bertz CT molecular complexity index is 653. The number of amides is 1. The Labute approximate surface area is 149 Å². The van der Waals surface area contributed by atoms with E-state index in [1.807, 2.05) is 39.0 Å². The predicted molar refractivity (Wildman–Crippen MR) is 98.5 cm³/mol. The van der Waals surface area contributed by atoms with Gasteiger partial charge in [0, 0.05) is 10.6 Å². The van der Waals surface area contributed by atoms with Crippen LogP contribution in [0.15, 0.2) is 54.6 Å². The van der Waals surface area contributed by atoms with Crippen LogP contribution < -0.4 is 10.1 Å². The van der Waals surface area contributed by atoms with Gasteiger partial charge in [0.05, 0.1) is 0 Å². The number of benzene rings is 2. The highest BCUT2D eigenvalue weighted by molar-refractivity contribution is 6.30. The molecule has 2 aromatic rings. The van der Waals surface area contributed by atoms with Crippen molar-refractivity contribution in [1.29, 1.82) is 0 Å². The zero-order valence-corrected chi connectivity index (χ0v) is 15.1. The molecule has 0 saturated heterocycles. The van der Waals surface area contributed by atoms with Crippen molar-refractivity contribution in [2.24, 2.45) is 0 Å². The van der Waals surface area contributed by atoms with Gasteiger partial charge in [0.1, 0.15) is 5.75 Å². The van der Waals surface area contributed by atoms with Crippen molar-refractivity contribution >= 4 is 17.5 Å². The topological polar surface area (TPSA) is 38.3 Å². The van der Waals surface area contributed by atoms with E-state index < -0.39 is 6.10 Å². The molecular formula is C20H24ClNO2. The van der Waals surface area contributed by atoms with E-state index in [4.69, 9.17) is 16.3 Å². The number of carbonyl (C=O) groups excluding carboxylic acids is 1. The number of nitrogens with one attached hydrogen (secondary N) is 1. The Morgan fingerprint density at radius 2 is 1.75 bits per heavy atom. The van der Waals surface area contributed by atoms with E-state index in [9.17, 15) is 4.79 Å². The van der Waals surface area contributed by atoms with Crippen molar-refractivity contribution in [3.63, 3.8) is 0 Å². The van der Waals surface area contributed by atoms with Crippen LogP contribution in [0.3, 0.4) is 0 Å². The quantitative estimate of drug-likeness (QED) is 0.794. The van der Waals surface area contributed by atoms with Crippen LogP contribution in [0, 0.1) is 0 Å². The fraction of sp³-hybridized carbons (Fsp3) is 0.350. The van der Waals surface area contributed by atoms with Crippen molar-refractivity contribution in [2.45, 2.75) is 45.3 Å². The summed E-state index contributed by atoms with van der Waals surface area (Å²) in [5.41, 5.74) is 0.837. The zero-order valence-electron chi connectivity index (χ0n) is 14.4. The maximum atomic E-state index is 12.6. The average molecular weight is 346 g/mol. The van der Waals surface area contributed by atoms with Gasteiger partial charge in [0.15, 0.2) is 6.10 Å². The lowest BCUT2D eigenvalue weighted by Gasteiger charge is -2.29. The Kier molecular flexibility index (Phi) is 6.27. The van der Waals surface area contributed by atoms with Crippen LogP contribution in [0.1, 0.15) is 32.8 Å². The molecule has 0 unspecified atom stereocenters. The molecular weight excluding hydrogens is 322 g/mol. The van der Waals surface area contributed by atoms with E-state index in [0.29, 0.717) is 17.2 Å². The van der Waals surface area contributed by atoms with E-state index in [1.165, 1.54) is 5.56 Å². The molecule has 24 heavy (non-hydrogen) atoms. The first-order valence-corrected chi connectivity index (χ1v) is 8.55. The van der Waals surface area contributed by atoms with Crippen LogP contribution in [-0.4, -0.2) is 17.6 Å². The number of ether oxygens (including phenoxy) is 1. The zero-order chi connectivity index (χ0) is 17.6. The minimum absolute atomic E-state index is 0.103. The number of carbonyl (C=O) groups is 1. The summed E-state index contributed by atoms with van der Waals surface area (Å²) < 4.78 is 5.81. The third-order valence-electron chi connectivity index (χ3n) is 3.71. The average Bonchev–Trinajstić information content (AvgIpc) is 2.54. The molecule has 0 aromatic heterocycles. The van der Waals surface area contributed by atoms with Gasteiger partial charge in [0.25, 0.3) is 5.91 Å². The SMILES string of the molecule is CC[C@H](Oc1ccc(Cl)cc1)C(=O)NC(C)(C)Cc1ccccc1. The third kappa shape index (κ3) is 5.57. The van der Waals surface area contributed by atoms with E-state index in [1.54, 1.807) is 24.3 Å². The number of rotatable bonds is 7.